The molecule has 3 rings (SSSR count). The summed E-state index contributed by atoms with van der Waals surface area (Å²) in [4.78, 5) is 12.8. The molecule has 5 nitrogen and oxygen atoms in total. The van der Waals surface area contributed by atoms with E-state index in [0.717, 1.165) is 6.26 Å². The maximum Gasteiger partial charge on any atom is 0.279 e. The van der Waals surface area contributed by atoms with E-state index in [4.69, 9.17) is 0 Å². The second kappa shape index (κ2) is 6.01. The van der Waals surface area contributed by atoms with Gasteiger partial charge in [0, 0.05) is 12.5 Å². The molecule has 24 heavy (non-hydrogen) atoms. The molecule has 0 fully saturated rings. The van der Waals surface area contributed by atoms with E-state index in [1.54, 1.807) is 6.07 Å². The van der Waals surface area contributed by atoms with E-state index in [1.807, 2.05) is 0 Å². The van der Waals surface area contributed by atoms with Crippen LogP contribution in [0.1, 0.15) is 0 Å². The molecular formula is C17H13FN2O3S. The van der Waals surface area contributed by atoms with E-state index in [-0.39, 0.29) is 16.3 Å². The van der Waals surface area contributed by atoms with Crippen molar-refractivity contribution in [3.8, 4) is 16.8 Å². The van der Waals surface area contributed by atoms with Crippen LogP contribution in [0.15, 0.2) is 70.5 Å². The molecule has 1 heterocycles. The highest BCUT2D eigenvalue weighted by molar-refractivity contribution is 7.90. The second-order valence-corrected chi connectivity index (χ2v) is 7.25. The topological polar surface area (TPSA) is 69.0 Å². The van der Waals surface area contributed by atoms with Crippen LogP contribution in [0, 0.1) is 5.82 Å². The first-order chi connectivity index (χ1) is 11.4. The fourth-order valence-electron chi connectivity index (χ4n) is 2.28. The summed E-state index contributed by atoms with van der Waals surface area (Å²) < 4.78 is 37.2. The molecule has 7 heteroatoms. The molecule has 0 radical (unpaired) electrons. The quantitative estimate of drug-likeness (QED) is 0.732. The fraction of sp³-hybridized carbons (Fsp3) is 0.0588. The normalized spacial score (nSPS) is 11.4. The molecule has 0 amide bonds. The van der Waals surface area contributed by atoms with Crippen LogP contribution in [-0.2, 0) is 9.84 Å². The molecule has 0 saturated heterocycles. The standard InChI is InChI=1S/C17H13FN2O3S/c1-24(22,23)15-8-6-14(7-9-15)20-17(21)16(10-11-19-20)12-2-4-13(18)5-3-12/h2-11H,1H3. The van der Waals surface area contributed by atoms with Crippen LogP contribution in [0.3, 0.4) is 0 Å². The minimum Gasteiger partial charge on any atom is -0.267 e. The predicted octanol–water partition coefficient (Wildman–Crippen LogP) is 2.44. The van der Waals surface area contributed by atoms with Gasteiger partial charge in [0.15, 0.2) is 9.84 Å². The first-order valence-electron chi connectivity index (χ1n) is 7.01. The Balaban J connectivity index is 2.08. The Morgan fingerprint density at radius 2 is 1.58 bits per heavy atom. The van der Waals surface area contributed by atoms with E-state index in [9.17, 15) is 17.6 Å². The van der Waals surface area contributed by atoms with Gasteiger partial charge < -0.3 is 0 Å². The lowest BCUT2D eigenvalue weighted by Crippen LogP contribution is -2.22. The van der Waals surface area contributed by atoms with Crippen molar-refractivity contribution in [2.45, 2.75) is 4.90 Å². The zero-order valence-electron chi connectivity index (χ0n) is 12.7. The van der Waals surface area contributed by atoms with E-state index in [2.05, 4.69) is 5.10 Å². The summed E-state index contributed by atoms with van der Waals surface area (Å²) in [6.45, 7) is 0. The summed E-state index contributed by atoms with van der Waals surface area (Å²) in [5, 5.41) is 4.02. The Kier molecular flexibility index (Phi) is 4.02. The molecule has 0 saturated carbocycles. The number of sulfone groups is 1. The number of benzene rings is 2. The largest absolute Gasteiger partial charge is 0.279 e. The van der Waals surface area contributed by atoms with Crippen molar-refractivity contribution >= 4 is 9.84 Å². The van der Waals surface area contributed by atoms with E-state index in [0.29, 0.717) is 16.8 Å². The van der Waals surface area contributed by atoms with E-state index < -0.39 is 9.84 Å². The van der Waals surface area contributed by atoms with Gasteiger partial charge in [0.1, 0.15) is 5.82 Å². The van der Waals surface area contributed by atoms with Gasteiger partial charge in [-0.2, -0.15) is 9.78 Å². The van der Waals surface area contributed by atoms with Gasteiger partial charge in [0.25, 0.3) is 5.56 Å². The molecular weight excluding hydrogens is 331 g/mol. The predicted molar refractivity (Wildman–Crippen MR) is 88.3 cm³/mol. The van der Waals surface area contributed by atoms with Gasteiger partial charge >= 0.3 is 0 Å². The van der Waals surface area contributed by atoms with Crippen LogP contribution in [0.2, 0.25) is 0 Å². The van der Waals surface area contributed by atoms with Crippen LogP contribution in [0.5, 0.6) is 0 Å². The van der Waals surface area contributed by atoms with Crippen molar-refractivity contribution in [2.75, 3.05) is 6.26 Å². The fourth-order valence-corrected chi connectivity index (χ4v) is 2.91. The highest BCUT2D eigenvalue weighted by atomic mass is 32.2. The Morgan fingerprint density at radius 1 is 0.958 bits per heavy atom. The number of aromatic nitrogens is 2. The van der Waals surface area contributed by atoms with E-state index in [1.165, 1.54) is 59.4 Å². The van der Waals surface area contributed by atoms with Gasteiger partial charge in [0.05, 0.1) is 16.1 Å². The molecule has 0 unspecified atom stereocenters. The summed E-state index contributed by atoms with van der Waals surface area (Å²) in [6, 6.07) is 13.0. The van der Waals surface area contributed by atoms with Crippen LogP contribution < -0.4 is 5.56 Å². The Hall–Kier alpha value is -2.80. The highest BCUT2D eigenvalue weighted by Crippen LogP contribution is 2.17. The van der Waals surface area contributed by atoms with Gasteiger partial charge in [0.2, 0.25) is 0 Å². The molecule has 0 atom stereocenters. The zero-order valence-corrected chi connectivity index (χ0v) is 13.5. The first-order valence-corrected chi connectivity index (χ1v) is 8.90. The average Bonchev–Trinajstić information content (AvgIpc) is 2.55. The molecule has 0 aliphatic rings. The van der Waals surface area contributed by atoms with Gasteiger partial charge in [-0.25, -0.2) is 12.8 Å². The van der Waals surface area contributed by atoms with Gasteiger partial charge in [-0.15, -0.1) is 0 Å². The molecule has 0 aliphatic carbocycles. The van der Waals surface area contributed by atoms with Crippen molar-refractivity contribution in [1.29, 1.82) is 0 Å². The summed E-state index contributed by atoms with van der Waals surface area (Å²) in [5.41, 5.74) is 1.01. The van der Waals surface area contributed by atoms with Crippen molar-refractivity contribution < 1.29 is 12.8 Å². The van der Waals surface area contributed by atoms with Crippen LogP contribution >= 0.6 is 0 Å². The smallest absolute Gasteiger partial charge is 0.267 e. The number of hydrogen-bond donors (Lipinski definition) is 0. The summed E-state index contributed by atoms with van der Waals surface area (Å²) in [6.07, 6.45) is 2.58. The summed E-state index contributed by atoms with van der Waals surface area (Å²) in [7, 11) is -3.31. The maximum atomic E-state index is 13.0. The third-order valence-corrected chi connectivity index (χ3v) is 4.64. The van der Waals surface area contributed by atoms with Gasteiger partial charge in [-0.05, 0) is 48.0 Å². The summed E-state index contributed by atoms with van der Waals surface area (Å²) >= 11 is 0. The van der Waals surface area contributed by atoms with Gasteiger partial charge in [-0.1, -0.05) is 12.1 Å². The molecule has 0 N–H and O–H groups in total. The molecule has 3 aromatic rings. The molecule has 1 aromatic heterocycles. The van der Waals surface area contributed by atoms with Crippen LogP contribution in [-0.4, -0.2) is 24.5 Å². The molecule has 122 valence electrons. The minimum absolute atomic E-state index is 0.161. The molecule has 2 aromatic carbocycles. The lowest BCUT2D eigenvalue weighted by atomic mass is 10.1. The van der Waals surface area contributed by atoms with Gasteiger partial charge in [-0.3, -0.25) is 4.79 Å². The van der Waals surface area contributed by atoms with Crippen molar-refractivity contribution in [2.24, 2.45) is 0 Å². The monoisotopic (exact) mass is 344 g/mol. The Bertz CT molecular complexity index is 1040. The second-order valence-electron chi connectivity index (χ2n) is 5.23. The number of halogens is 1. The number of hydrogen-bond acceptors (Lipinski definition) is 4. The average molecular weight is 344 g/mol. The van der Waals surface area contributed by atoms with Crippen molar-refractivity contribution in [3.63, 3.8) is 0 Å². The Labute approximate surface area is 137 Å². The lowest BCUT2D eigenvalue weighted by Gasteiger charge is -2.08. The zero-order chi connectivity index (χ0) is 17.3. The Morgan fingerprint density at radius 3 is 2.17 bits per heavy atom. The first kappa shape index (κ1) is 16.1. The summed E-state index contributed by atoms with van der Waals surface area (Å²) in [5.74, 6) is -0.385. The van der Waals surface area contributed by atoms with Crippen molar-refractivity contribution in [1.82, 2.24) is 9.78 Å². The number of nitrogens with zero attached hydrogens (tertiary/aromatic N) is 2. The third-order valence-electron chi connectivity index (χ3n) is 3.51. The van der Waals surface area contributed by atoms with Crippen molar-refractivity contribution in [3.05, 3.63) is 77.0 Å². The van der Waals surface area contributed by atoms with Crippen LogP contribution in [0.4, 0.5) is 4.39 Å². The SMILES string of the molecule is CS(=O)(=O)c1ccc(-n2nccc(-c3ccc(F)cc3)c2=O)cc1. The highest BCUT2D eigenvalue weighted by Gasteiger charge is 2.11. The maximum absolute atomic E-state index is 13.0. The molecule has 0 spiro atoms. The number of rotatable bonds is 3. The minimum atomic E-state index is -3.31. The lowest BCUT2D eigenvalue weighted by molar-refractivity contribution is 0.602. The molecule has 0 aliphatic heterocycles. The third kappa shape index (κ3) is 3.11. The van der Waals surface area contributed by atoms with Crippen LogP contribution in [0.25, 0.3) is 16.8 Å². The van der Waals surface area contributed by atoms with E-state index >= 15 is 0 Å². The molecule has 0 bridgehead atoms.